The molecular formula is C12H10N2O4S. The Bertz CT molecular complexity index is 678. The van der Waals surface area contributed by atoms with E-state index in [1.165, 1.54) is 6.07 Å². The minimum atomic E-state index is -1.10. The summed E-state index contributed by atoms with van der Waals surface area (Å²) < 4.78 is 0. The Balaban J connectivity index is 2.57. The van der Waals surface area contributed by atoms with Crippen LogP contribution in [-0.2, 0) is 0 Å². The molecule has 0 aliphatic rings. The monoisotopic (exact) mass is 278 g/mol. The van der Waals surface area contributed by atoms with E-state index in [4.69, 9.17) is 10.8 Å². The maximum Gasteiger partial charge on any atom is 0.348 e. The number of aromatic carboxylic acids is 1. The highest BCUT2D eigenvalue weighted by Crippen LogP contribution is 2.36. The van der Waals surface area contributed by atoms with Crippen LogP contribution in [0, 0.1) is 17.0 Å². The quantitative estimate of drug-likeness (QED) is 0.663. The molecule has 0 bridgehead atoms. The third-order valence-corrected chi connectivity index (χ3v) is 3.72. The molecule has 98 valence electrons. The van der Waals surface area contributed by atoms with Crippen molar-refractivity contribution in [1.29, 1.82) is 0 Å². The molecule has 0 saturated carbocycles. The van der Waals surface area contributed by atoms with E-state index in [0.717, 1.165) is 11.3 Å². The van der Waals surface area contributed by atoms with Crippen molar-refractivity contribution in [3.05, 3.63) is 44.1 Å². The van der Waals surface area contributed by atoms with Crippen LogP contribution in [0.15, 0.2) is 23.6 Å². The fourth-order valence-corrected chi connectivity index (χ4v) is 2.57. The molecule has 0 amide bonds. The maximum absolute atomic E-state index is 10.9. The largest absolute Gasteiger partial charge is 0.477 e. The highest BCUT2D eigenvalue weighted by Gasteiger charge is 2.18. The fraction of sp³-hybridized carbons (Fsp3) is 0.0833. The number of nitrogens with two attached hydrogens (primary N) is 1. The van der Waals surface area contributed by atoms with Gasteiger partial charge in [0.25, 0.3) is 5.69 Å². The van der Waals surface area contributed by atoms with Gasteiger partial charge in [-0.15, -0.1) is 11.3 Å². The number of thiophene rings is 1. The van der Waals surface area contributed by atoms with Gasteiger partial charge in [-0.1, -0.05) is 12.1 Å². The van der Waals surface area contributed by atoms with Crippen molar-refractivity contribution < 1.29 is 14.8 Å². The molecule has 2 aromatic rings. The minimum absolute atomic E-state index is 0.0139. The second kappa shape index (κ2) is 4.69. The summed E-state index contributed by atoms with van der Waals surface area (Å²) in [7, 11) is 0. The van der Waals surface area contributed by atoms with Gasteiger partial charge in [-0.05, 0) is 12.5 Å². The second-order valence-corrected chi connectivity index (χ2v) is 4.84. The number of nitrogens with zero attached hydrogens (tertiary/aromatic N) is 1. The number of carboxylic acid groups (broad SMARTS) is 1. The van der Waals surface area contributed by atoms with Gasteiger partial charge in [0, 0.05) is 22.6 Å². The molecule has 0 saturated heterocycles. The van der Waals surface area contributed by atoms with Crippen molar-refractivity contribution in [2.75, 3.05) is 5.73 Å². The molecule has 0 fully saturated rings. The number of carbonyl (C=O) groups is 1. The average molecular weight is 278 g/mol. The van der Waals surface area contributed by atoms with Crippen LogP contribution in [0.3, 0.4) is 0 Å². The first kappa shape index (κ1) is 13.0. The van der Waals surface area contributed by atoms with Crippen LogP contribution in [0.1, 0.15) is 15.2 Å². The highest BCUT2D eigenvalue weighted by molar-refractivity contribution is 7.13. The normalized spacial score (nSPS) is 10.4. The van der Waals surface area contributed by atoms with Crippen LogP contribution >= 0.6 is 11.3 Å². The summed E-state index contributed by atoms with van der Waals surface area (Å²) in [6.07, 6.45) is 0. The first-order valence-electron chi connectivity index (χ1n) is 5.27. The molecule has 0 aliphatic carbocycles. The Morgan fingerprint density at radius 1 is 1.47 bits per heavy atom. The number of anilines is 1. The number of hydrogen-bond donors (Lipinski definition) is 2. The molecule has 0 spiro atoms. The Morgan fingerprint density at radius 3 is 2.68 bits per heavy atom. The van der Waals surface area contributed by atoms with Crippen molar-refractivity contribution >= 4 is 28.7 Å². The summed E-state index contributed by atoms with van der Waals surface area (Å²) in [6, 6.07) is 4.71. The lowest BCUT2D eigenvalue weighted by molar-refractivity contribution is -0.385. The predicted octanol–water partition coefficient (Wildman–Crippen LogP) is 2.91. The number of carboxylic acids is 1. The van der Waals surface area contributed by atoms with E-state index < -0.39 is 10.9 Å². The summed E-state index contributed by atoms with van der Waals surface area (Å²) in [5.74, 6) is -1.10. The summed E-state index contributed by atoms with van der Waals surface area (Å²) in [4.78, 5) is 21.4. The Kier molecular flexibility index (Phi) is 3.22. The minimum Gasteiger partial charge on any atom is -0.477 e. The number of aryl methyl sites for hydroxylation is 1. The molecule has 0 unspecified atom stereocenters. The van der Waals surface area contributed by atoms with Crippen molar-refractivity contribution in [3.63, 3.8) is 0 Å². The first-order valence-corrected chi connectivity index (χ1v) is 6.15. The molecule has 1 aromatic carbocycles. The van der Waals surface area contributed by atoms with Crippen LogP contribution in [-0.4, -0.2) is 16.0 Å². The third-order valence-electron chi connectivity index (χ3n) is 2.74. The molecular weight excluding hydrogens is 268 g/mol. The van der Waals surface area contributed by atoms with Gasteiger partial charge in [0.15, 0.2) is 0 Å². The van der Waals surface area contributed by atoms with E-state index in [1.807, 2.05) is 0 Å². The van der Waals surface area contributed by atoms with Gasteiger partial charge >= 0.3 is 5.97 Å². The van der Waals surface area contributed by atoms with E-state index in [-0.39, 0.29) is 16.3 Å². The van der Waals surface area contributed by atoms with E-state index in [1.54, 1.807) is 24.4 Å². The lowest BCUT2D eigenvalue weighted by Gasteiger charge is -2.03. The van der Waals surface area contributed by atoms with Gasteiger partial charge in [0.2, 0.25) is 0 Å². The van der Waals surface area contributed by atoms with Crippen LogP contribution in [0.25, 0.3) is 11.1 Å². The zero-order valence-electron chi connectivity index (χ0n) is 9.91. The smallest absolute Gasteiger partial charge is 0.348 e. The lowest BCUT2D eigenvalue weighted by atomic mass is 10.0. The predicted molar refractivity (Wildman–Crippen MR) is 72.5 cm³/mol. The number of rotatable bonds is 3. The van der Waals surface area contributed by atoms with Gasteiger partial charge in [-0.3, -0.25) is 10.1 Å². The van der Waals surface area contributed by atoms with E-state index >= 15 is 0 Å². The Morgan fingerprint density at radius 2 is 2.16 bits per heavy atom. The van der Waals surface area contributed by atoms with E-state index in [0.29, 0.717) is 16.7 Å². The number of nitro groups is 1. The van der Waals surface area contributed by atoms with Gasteiger partial charge in [0.05, 0.1) is 10.6 Å². The molecule has 1 heterocycles. The van der Waals surface area contributed by atoms with Gasteiger partial charge in [-0.2, -0.15) is 0 Å². The number of benzene rings is 1. The molecule has 7 heteroatoms. The number of nitrogen functional groups attached to an aromatic ring is 1. The zero-order chi connectivity index (χ0) is 14.2. The van der Waals surface area contributed by atoms with Crippen molar-refractivity contribution in [2.24, 2.45) is 0 Å². The van der Waals surface area contributed by atoms with E-state index in [2.05, 4.69) is 0 Å². The SMILES string of the molecule is Cc1ccc(-c2csc(C(=O)O)c2N)cc1[N+](=O)[O-]. The van der Waals surface area contributed by atoms with Gasteiger partial charge in [0.1, 0.15) is 4.88 Å². The van der Waals surface area contributed by atoms with Crippen molar-refractivity contribution in [1.82, 2.24) is 0 Å². The second-order valence-electron chi connectivity index (χ2n) is 3.96. The van der Waals surface area contributed by atoms with Crippen LogP contribution in [0.5, 0.6) is 0 Å². The van der Waals surface area contributed by atoms with Crippen molar-refractivity contribution in [3.8, 4) is 11.1 Å². The zero-order valence-corrected chi connectivity index (χ0v) is 10.7. The molecule has 0 radical (unpaired) electrons. The molecule has 6 nitrogen and oxygen atoms in total. The lowest BCUT2D eigenvalue weighted by Crippen LogP contribution is -1.98. The summed E-state index contributed by atoms with van der Waals surface area (Å²) >= 11 is 1.00. The maximum atomic E-state index is 10.9. The molecule has 0 aliphatic heterocycles. The topological polar surface area (TPSA) is 106 Å². The Hall–Kier alpha value is -2.41. The van der Waals surface area contributed by atoms with Gasteiger partial charge in [-0.25, -0.2) is 4.79 Å². The Labute approximate surface area is 112 Å². The van der Waals surface area contributed by atoms with E-state index in [9.17, 15) is 14.9 Å². The van der Waals surface area contributed by atoms with Crippen LogP contribution in [0.2, 0.25) is 0 Å². The molecule has 1 aromatic heterocycles. The number of nitro benzene ring substituents is 1. The first-order chi connectivity index (χ1) is 8.91. The summed E-state index contributed by atoms with van der Waals surface area (Å²) in [6.45, 7) is 1.64. The van der Waals surface area contributed by atoms with Crippen LogP contribution in [0.4, 0.5) is 11.4 Å². The highest BCUT2D eigenvalue weighted by atomic mass is 32.1. The molecule has 19 heavy (non-hydrogen) atoms. The standard InChI is InChI=1S/C12H10N2O4S/c1-6-2-3-7(4-9(6)14(17)18)8-5-19-11(10(8)13)12(15)16/h2-5H,13H2,1H3,(H,15,16). The fourth-order valence-electron chi connectivity index (χ4n) is 1.73. The summed E-state index contributed by atoms with van der Waals surface area (Å²) in [5, 5.41) is 21.4. The molecule has 3 N–H and O–H groups in total. The molecule has 2 rings (SSSR count). The van der Waals surface area contributed by atoms with Crippen LogP contribution < -0.4 is 5.73 Å². The molecule has 0 atom stereocenters. The number of hydrogen-bond acceptors (Lipinski definition) is 5. The third kappa shape index (κ3) is 2.27. The average Bonchev–Trinajstić information content (AvgIpc) is 2.71. The van der Waals surface area contributed by atoms with Gasteiger partial charge < -0.3 is 10.8 Å². The summed E-state index contributed by atoms with van der Waals surface area (Å²) in [5.41, 5.74) is 7.47. The van der Waals surface area contributed by atoms with Crippen molar-refractivity contribution in [2.45, 2.75) is 6.92 Å².